The number of aromatic nitrogens is 2. The van der Waals surface area contributed by atoms with Crippen LogP contribution in [0, 0.1) is 11.6 Å². The Morgan fingerprint density at radius 3 is 2.85 bits per heavy atom. The first-order chi connectivity index (χ1) is 9.56. The number of halogens is 2. The first-order valence-electron chi connectivity index (χ1n) is 6.79. The molecule has 0 amide bonds. The Kier molecular flexibility index (Phi) is 4.84. The van der Waals surface area contributed by atoms with Crippen molar-refractivity contribution < 1.29 is 8.78 Å². The van der Waals surface area contributed by atoms with E-state index in [1.54, 1.807) is 6.20 Å². The standard InChI is InChI=1S/C15H19F2N3/c1-10(2)18-7-3-4-15-19-9-14(20-15)12-8-11(16)5-6-13(12)17/h5-6,8-10,18H,3-4,7H2,1-2H3,(H,19,20). The average Bonchev–Trinajstić information content (AvgIpc) is 2.86. The van der Waals surface area contributed by atoms with E-state index >= 15 is 0 Å². The van der Waals surface area contributed by atoms with Crippen LogP contribution in [-0.2, 0) is 6.42 Å². The lowest BCUT2D eigenvalue weighted by Crippen LogP contribution is -2.24. The van der Waals surface area contributed by atoms with Gasteiger partial charge in [0.15, 0.2) is 0 Å². The van der Waals surface area contributed by atoms with Gasteiger partial charge in [-0.15, -0.1) is 0 Å². The molecule has 0 atom stereocenters. The van der Waals surface area contributed by atoms with Crippen molar-refractivity contribution in [2.24, 2.45) is 0 Å². The van der Waals surface area contributed by atoms with Gasteiger partial charge in [0.25, 0.3) is 0 Å². The predicted molar refractivity (Wildman–Crippen MR) is 75.4 cm³/mol. The first kappa shape index (κ1) is 14.7. The molecular formula is C15H19F2N3. The third-order valence-corrected chi connectivity index (χ3v) is 2.99. The Morgan fingerprint density at radius 1 is 1.30 bits per heavy atom. The van der Waals surface area contributed by atoms with Gasteiger partial charge in [-0.1, -0.05) is 13.8 Å². The van der Waals surface area contributed by atoms with E-state index < -0.39 is 11.6 Å². The molecule has 1 aromatic carbocycles. The van der Waals surface area contributed by atoms with Gasteiger partial charge in [0.2, 0.25) is 0 Å². The van der Waals surface area contributed by atoms with Gasteiger partial charge in [0.05, 0.1) is 11.9 Å². The Balaban J connectivity index is 2.00. The van der Waals surface area contributed by atoms with Crippen molar-refractivity contribution in [1.82, 2.24) is 15.3 Å². The zero-order chi connectivity index (χ0) is 14.5. The third-order valence-electron chi connectivity index (χ3n) is 2.99. The molecule has 0 saturated carbocycles. The van der Waals surface area contributed by atoms with Crippen molar-refractivity contribution in [3.8, 4) is 11.3 Å². The molecule has 0 aliphatic heterocycles. The fraction of sp³-hybridized carbons (Fsp3) is 0.400. The van der Waals surface area contributed by atoms with E-state index in [4.69, 9.17) is 0 Å². The molecule has 20 heavy (non-hydrogen) atoms. The lowest BCUT2D eigenvalue weighted by atomic mass is 10.1. The van der Waals surface area contributed by atoms with E-state index in [9.17, 15) is 8.78 Å². The van der Waals surface area contributed by atoms with Gasteiger partial charge in [0, 0.05) is 18.0 Å². The van der Waals surface area contributed by atoms with E-state index in [1.807, 2.05) is 0 Å². The van der Waals surface area contributed by atoms with Gasteiger partial charge in [-0.3, -0.25) is 0 Å². The molecule has 5 heteroatoms. The summed E-state index contributed by atoms with van der Waals surface area (Å²) in [6, 6.07) is 3.86. The molecule has 1 aromatic heterocycles. The summed E-state index contributed by atoms with van der Waals surface area (Å²) in [6.45, 7) is 5.09. The zero-order valence-corrected chi connectivity index (χ0v) is 11.7. The summed E-state index contributed by atoms with van der Waals surface area (Å²) in [6.07, 6.45) is 3.26. The summed E-state index contributed by atoms with van der Waals surface area (Å²) in [5, 5.41) is 3.32. The van der Waals surface area contributed by atoms with E-state index in [1.165, 1.54) is 6.07 Å². The van der Waals surface area contributed by atoms with Gasteiger partial charge in [-0.05, 0) is 31.2 Å². The summed E-state index contributed by atoms with van der Waals surface area (Å²) in [4.78, 5) is 7.25. The van der Waals surface area contributed by atoms with Crippen molar-refractivity contribution >= 4 is 0 Å². The molecule has 0 radical (unpaired) electrons. The highest BCUT2D eigenvalue weighted by Crippen LogP contribution is 2.22. The van der Waals surface area contributed by atoms with Crippen LogP contribution < -0.4 is 5.32 Å². The number of rotatable bonds is 6. The highest BCUT2D eigenvalue weighted by molar-refractivity contribution is 5.59. The second-order valence-electron chi connectivity index (χ2n) is 5.08. The highest BCUT2D eigenvalue weighted by Gasteiger charge is 2.09. The molecule has 0 unspecified atom stereocenters. The van der Waals surface area contributed by atoms with Crippen molar-refractivity contribution in [3.63, 3.8) is 0 Å². The molecule has 1 heterocycles. The van der Waals surface area contributed by atoms with E-state index in [0.717, 1.165) is 37.3 Å². The molecular weight excluding hydrogens is 260 g/mol. The summed E-state index contributed by atoms with van der Waals surface area (Å²) in [5.74, 6) is -0.129. The molecule has 0 aliphatic carbocycles. The second-order valence-corrected chi connectivity index (χ2v) is 5.08. The van der Waals surface area contributed by atoms with Crippen molar-refractivity contribution in [1.29, 1.82) is 0 Å². The quantitative estimate of drug-likeness (QED) is 0.797. The maximum atomic E-state index is 13.6. The smallest absolute Gasteiger partial charge is 0.132 e. The van der Waals surface area contributed by atoms with Gasteiger partial charge in [-0.25, -0.2) is 13.8 Å². The summed E-state index contributed by atoms with van der Waals surface area (Å²) in [7, 11) is 0. The van der Waals surface area contributed by atoms with E-state index in [2.05, 4.69) is 29.1 Å². The average molecular weight is 279 g/mol. The molecule has 3 nitrogen and oxygen atoms in total. The minimum atomic E-state index is -0.460. The van der Waals surface area contributed by atoms with Crippen molar-refractivity contribution in [3.05, 3.63) is 41.9 Å². The molecule has 0 spiro atoms. The zero-order valence-electron chi connectivity index (χ0n) is 11.7. The van der Waals surface area contributed by atoms with E-state index in [0.29, 0.717) is 11.7 Å². The van der Waals surface area contributed by atoms with Crippen LogP contribution in [0.3, 0.4) is 0 Å². The molecule has 2 aromatic rings. The van der Waals surface area contributed by atoms with Gasteiger partial charge in [-0.2, -0.15) is 0 Å². The topological polar surface area (TPSA) is 40.7 Å². The Labute approximate surface area is 117 Å². The highest BCUT2D eigenvalue weighted by atomic mass is 19.1. The fourth-order valence-corrected chi connectivity index (χ4v) is 1.98. The Bertz CT molecular complexity index is 564. The number of nitrogens with zero attached hydrogens (tertiary/aromatic N) is 1. The van der Waals surface area contributed by atoms with Crippen LogP contribution in [-0.4, -0.2) is 22.6 Å². The Hall–Kier alpha value is -1.75. The monoisotopic (exact) mass is 279 g/mol. The first-order valence-corrected chi connectivity index (χ1v) is 6.79. The number of nitrogens with one attached hydrogen (secondary N) is 2. The molecule has 2 rings (SSSR count). The number of H-pyrrole nitrogens is 1. The van der Waals surface area contributed by atoms with Crippen molar-refractivity contribution in [2.45, 2.75) is 32.7 Å². The number of aryl methyl sites for hydroxylation is 1. The summed E-state index contributed by atoms with van der Waals surface area (Å²) in [5.41, 5.74) is 0.720. The van der Waals surface area contributed by atoms with Gasteiger partial charge >= 0.3 is 0 Å². The van der Waals surface area contributed by atoms with Crippen molar-refractivity contribution in [2.75, 3.05) is 6.54 Å². The number of hydrogen-bond acceptors (Lipinski definition) is 2. The predicted octanol–water partition coefficient (Wildman–Crippen LogP) is 3.29. The van der Waals surface area contributed by atoms with Crippen LogP contribution in [0.2, 0.25) is 0 Å². The molecule has 0 saturated heterocycles. The van der Waals surface area contributed by atoms with Crippen LogP contribution in [0.15, 0.2) is 24.4 Å². The molecule has 0 fully saturated rings. The minimum absolute atomic E-state index is 0.212. The number of aromatic amines is 1. The number of benzene rings is 1. The molecule has 2 N–H and O–H groups in total. The second kappa shape index (κ2) is 6.61. The summed E-state index contributed by atoms with van der Waals surface area (Å²) < 4.78 is 26.8. The molecule has 0 aliphatic rings. The third kappa shape index (κ3) is 3.87. The van der Waals surface area contributed by atoms with Crippen LogP contribution in [0.1, 0.15) is 26.1 Å². The summed E-state index contributed by atoms with van der Waals surface area (Å²) >= 11 is 0. The number of imidazole rings is 1. The van der Waals surface area contributed by atoms with Crippen LogP contribution in [0.25, 0.3) is 11.3 Å². The Morgan fingerprint density at radius 2 is 2.10 bits per heavy atom. The van der Waals surface area contributed by atoms with Gasteiger partial charge < -0.3 is 10.3 Å². The minimum Gasteiger partial charge on any atom is -0.342 e. The van der Waals surface area contributed by atoms with E-state index in [-0.39, 0.29) is 5.56 Å². The molecule has 0 bridgehead atoms. The molecule has 108 valence electrons. The maximum Gasteiger partial charge on any atom is 0.132 e. The lowest BCUT2D eigenvalue weighted by Gasteiger charge is -2.06. The van der Waals surface area contributed by atoms with Crippen LogP contribution in [0.5, 0.6) is 0 Å². The maximum absolute atomic E-state index is 13.6. The SMILES string of the molecule is CC(C)NCCCc1ncc(-c2cc(F)ccc2F)[nH]1. The van der Waals surface area contributed by atoms with Crippen LogP contribution in [0.4, 0.5) is 8.78 Å². The largest absolute Gasteiger partial charge is 0.342 e. The van der Waals surface area contributed by atoms with Crippen LogP contribution >= 0.6 is 0 Å². The van der Waals surface area contributed by atoms with Gasteiger partial charge in [0.1, 0.15) is 17.5 Å². The lowest BCUT2D eigenvalue weighted by molar-refractivity contribution is 0.567. The number of hydrogen-bond donors (Lipinski definition) is 2. The normalized spacial score (nSPS) is 11.2. The fourth-order valence-electron chi connectivity index (χ4n) is 1.98.